The summed E-state index contributed by atoms with van der Waals surface area (Å²) in [6, 6.07) is 13.1. The van der Waals surface area contributed by atoms with Crippen LogP contribution in [0.15, 0.2) is 54.1 Å². The summed E-state index contributed by atoms with van der Waals surface area (Å²) < 4.78 is 27.0. The van der Waals surface area contributed by atoms with Crippen LogP contribution in [0.4, 0.5) is 5.82 Å². The Bertz CT molecular complexity index is 845. The van der Waals surface area contributed by atoms with Crippen molar-refractivity contribution in [1.29, 1.82) is 0 Å². The number of anilines is 1. The summed E-state index contributed by atoms with van der Waals surface area (Å²) >= 11 is 0. The van der Waals surface area contributed by atoms with Crippen molar-refractivity contribution in [2.45, 2.75) is 6.54 Å². The van der Waals surface area contributed by atoms with Gasteiger partial charge in [-0.25, -0.2) is 18.1 Å². The van der Waals surface area contributed by atoms with Gasteiger partial charge < -0.3 is 9.80 Å². The van der Waals surface area contributed by atoms with Crippen molar-refractivity contribution in [3.05, 3.63) is 65.2 Å². The molecule has 1 aromatic heterocycles. The molecule has 1 N–H and O–H groups in total. The maximum Gasteiger partial charge on any atom is 0.234 e. The van der Waals surface area contributed by atoms with Crippen molar-refractivity contribution in [3.63, 3.8) is 0 Å². The molecule has 0 unspecified atom stereocenters. The second-order valence-corrected chi connectivity index (χ2v) is 8.04. The highest BCUT2D eigenvalue weighted by Gasteiger charge is 2.15. The third-order valence-corrected chi connectivity index (χ3v) is 5.39. The van der Waals surface area contributed by atoms with E-state index in [4.69, 9.17) is 0 Å². The fourth-order valence-corrected chi connectivity index (χ4v) is 3.54. The Hall–Kier alpha value is -2.22. The van der Waals surface area contributed by atoms with Gasteiger partial charge in [0.1, 0.15) is 5.82 Å². The number of nitrogens with zero attached hydrogens (tertiary/aromatic N) is 3. The summed E-state index contributed by atoms with van der Waals surface area (Å²) in [5.41, 5.74) is 1.74. The molecule has 0 atom stereocenters. The van der Waals surface area contributed by atoms with E-state index >= 15 is 0 Å². The van der Waals surface area contributed by atoms with E-state index in [2.05, 4.69) is 26.6 Å². The topological polar surface area (TPSA) is 65.5 Å². The molecule has 0 spiro atoms. The van der Waals surface area contributed by atoms with E-state index in [9.17, 15) is 8.42 Å². The average Bonchev–Trinajstić information content (AvgIpc) is 2.67. The van der Waals surface area contributed by atoms with Crippen LogP contribution >= 0.6 is 0 Å². The van der Waals surface area contributed by atoms with Crippen LogP contribution in [0.25, 0.3) is 6.08 Å². The van der Waals surface area contributed by atoms with Gasteiger partial charge in [-0.1, -0.05) is 30.3 Å². The number of likely N-dealkylation sites (N-methyl/N-ethyl adjacent to an activating group) is 1. The minimum absolute atomic E-state index is 0.241. The zero-order valence-corrected chi connectivity index (χ0v) is 15.7. The number of hydrogen-bond acceptors (Lipinski definition) is 5. The third-order valence-electron chi connectivity index (χ3n) is 4.35. The van der Waals surface area contributed by atoms with Crippen LogP contribution in [0.3, 0.4) is 0 Å². The largest absolute Gasteiger partial charge is 0.354 e. The fourth-order valence-electron chi connectivity index (χ4n) is 2.74. The highest BCUT2D eigenvalue weighted by atomic mass is 32.2. The van der Waals surface area contributed by atoms with Crippen molar-refractivity contribution < 1.29 is 8.42 Å². The van der Waals surface area contributed by atoms with Crippen LogP contribution in [0, 0.1) is 0 Å². The van der Waals surface area contributed by atoms with Crippen molar-refractivity contribution >= 4 is 21.9 Å². The maximum atomic E-state index is 12.2. The molecule has 3 rings (SSSR count). The van der Waals surface area contributed by atoms with E-state index < -0.39 is 10.0 Å². The Morgan fingerprint density at radius 1 is 1.12 bits per heavy atom. The first kappa shape index (κ1) is 18.6. The number of piperazine rings is 1. The van der Waals surface area contributed by atoms with Crippen molar-refractivity contribution in [2.75, 3.05) is 38.1 Å². The molecule has 0 bridgehead atoms. The maximum absolute atomic E-state index is 12.2. The molecule has 1 aliphatic rings. The van der Waals surface area contributed by atoms with Crippen LogP contribution < -0.4 is 9.62 Å². The normalized spacial score (nSPS) is 16.3. The summed E-state index contributed by atoms with van der Waals surface area (Å²) in [4.78, 5) is 8.94. The van der Waals surface area contributed by atoms with Crippen LogP contribution in [0.5, 0.6) is 0 Å². The summed E-state index contributed by atoms with van der Waals surface area (Å²) in [5, 5.41) is 1.20. The highest BCUT2D eigenvalue weighted by Crippen LogP contribution is 2.15. The van der Waals surface area contributed by atoms with Gasteiger partial charge in [0, 0.05) is 44.3 Å². The molecule has 1 aliphatic heterocycles. The number of nitrogens with one attached hydrogen (secondary N) is 1. The monoisotopic (exact) mass is 372 g/mol. The van der Waals surface area contributed by atoms with Crippen LogP contribution in [0.2, 0.25) is 0 Å². The molecule has 0 amide bonds. The van der Waals surface area contributed by atoms with E-state index in [1.54, 1.807) is 12.3 Å². The predicted molar refractivity (Wildman–Crippen MR) is 105 cm³/mol. The lowest BCUT2D eigenvalue weighted by Gasteiger charge is -2.33. The summed E-state index contributed by atoms with van der Waals surface area (Å²) in [5.74, 6) is 0.898. The summed E-state index contributed by atoms with van der Waals surface area (Å²) in [6.07, 6.45) is 3.32. The average molecular weight is 372 g/mol. The first-order valence-electron chi connectivity index (χ1n) is 8.63. The van der Waals surface area contributed by atoms with E-state index in [1.807, 2.05) is 42.5 Å². The van der Waals surface area contributed by atoms with E-state index in [1.165, 1.54) is 5.41 Å². The Morgan fingerprint density at radius 2 is 1.85 bits per heavy atom. The molecule has 0 saturated carbocycles. The zero-order valence-electron chi connectivity index (χ0n) is 14.9. The molecular weight excluding hydrogens is 348 g/mol. The third kappa shape index (κ3) is 5.39. The lowest BCUT2D eigenvalue weighted by Crippen LogP contribution is -2.44. The van der Waals surface area contributed by atoms with Gasteiger partial charge in [0.15, 0.2) is 0 Å². The molecule has 2 aromatic rings. The summed E-state index contributed by atoms with van der Waals surface area (Å²) in [7, 11) is -1.38. The lowest BCUT2D eigenvalue weighted by atomic mass is 10.2. The minimum atomic E-state index is -3.49. The predicted octanol–water partition coefficient (Wildman–Crippen LogP) is 1.92. The number of aromatic nitrogens is 1. The molecule has 138 valence electrons. The Balaban J connectivity index is 1.60. The number of hydrogen-bond donors (Lipinski definition) is 1. The SMILES string of the molecule is CN1CCN(c2cc(CNS(=O)(=O)C=Cc3ccccc3)ccn2)CC1. The number of sulfonamides is 1. The van der Waals surface area contributed by atoms with Crippen LogP contribution in [-0.4, -0.2) is 51.5 Å². The second kappa shape index (κ2) is 8.44. The van der Waals surface area contributed by atoms with Crippen LogP contribution in [-0.2, 0) is 16.6 Å². The van der Waals surface area contributed by atoms with Gasteiger partial charge in [0.05, 0.1) is 0 Å². The molecule has 0 aliphatic carbocycles. The Labute approximate surface area is 155 Å². The fraction of sp³-hybridized carbons (Fsp3) is 0.316. The minimum Gasteiger partial charge on any atom is -0.354 e. The van der Waals surface area contributed by atoms with Crippen molar-refractivity contribution in [1.82, 2.24) is 14.6 Å². The quantitative estimate of drug-likeness (QED) is 0.839. The Kier molecular flexibility index (Phi) is 6.03. The van der Waals surface area contributed by atoms with E-state index in [0.717, 1.165) is 43.1 Å². The molecule has 0 radical (unpaired) electrons. The van der Waals surface area contributed by atoms with Gasteiger partial charge in [0.25, 0.3) is 0 Å². The van der Waals surface area contributed by atoms with E-state index in [0.29, 0.717) is 0 Å². The Morgan fingerprint density at radius 3 is 2.58 bits per heavy atom. The van der Waals surface area contributed by atoms with Gasteiger partial charge in [-0.3, -0.25) is 0 Å². The van der Waals surface area contributed by atoms with Gasteiger partial charge in [-0.2, -0.15) is 0 Å². The number of pyridine rings is 1. The summed E-state index contributed by atoms with van der Waals surface area (Å²) in [6.45, 7) is 4.10. The first-order chi connectivity index (χ1) is 12.5. The van der Waals surface area contributed by atoms with Gasteiger partial charge in [-0.05, 0) is 36.4 Å². The molecule has 2 heterocycles. The van der Waals surface area contributed by atoms with E-state index in [-0.39, 0.29) is 6.54 Å². The van der Waals surface area contributed by atoms with Crippen molar-refractivity contribution in [3.8, 4) is 0 Å². The molecule has 1 saturated heterocycles. The van der Waals surface area contributed by atoms with Gasteiger partial charge in [0.2, 0.25) is 10.0 Å². The van der Waals surface area contributed by atoms with Gasteiger partial charge >= 0.3 is 0 Å². The highest BCUT2D eigenvalue weighted by molar-refractivity contribution is 7.92. The second-order valence-electron chi connectivity index (χ2n) is 6.39. The van der Waals surface area contributed by atoms with Crippen molar-refractivity contribution in [2.24, 2.45) is 0 Å². The van der Waals surface area contributed by atoms with Gasteiger partial charge in [-0.15, -0.1) is 0 Å². The zero-order chi connectivity index (χ0) is 18.4. The molecule has 6 nitrogen and oxygen atoms in total. The molecular formula is C19H24N4O2S. The molecule has 26 heavy (non-hydrogen) atoms. The van der Waals surface area contributed by atoms with Crippen LogP contribution in [0.1, 0.15) is 11.1 Å². The number of rotatable bonds is 6. The number of benzene rings is 1. The first-order valence-corrected chi connectivity index (χ1v) is 10.2. The molecule has 1 aromatic carbocycles. The standard InChI is InChI=1S/C19H24N4O2S/c1-22-10-12-23(13-11-22)19-15-18(7-9-20-19)16-21-26(24,25)14-8-17-5-3-2-4-6-17/h2-9,14-15,21H,10-13,16H2,1H3. The lowest BCUT2D eigenvalue weighted by molar-refractivity contribution is 0.312. The molecule has 1 fully saturated rings. The molecule has 7 heteroatoms. The smallest absolute Gasteiger partial charge is 0.234 e.